The predicted octanol–water partition coefficient (Wildman–Crippen LogP) is 5.20. The molecule has 3 aromatic heterocycles. The minimum absolute atomic E-state index is 0.0361. The number of nitriles is 1. The van der Waals surface area contributed by atoms with Gasteiger partial charge in [0.05, 0.1) is 40.5 Å². The Morgan fingerprint density at radius 1 is 1.00 bits per heavy atom. The Hall–Kier alpha value is -5.44. The molecule has 0 spiro atoms. The number of rotatable bonds is 7. The van der Waals surface area contributed by atoms with Gasteiger partial charge in [-0.2, -0.15) is 23.5 Å². The maximum Gasteiger partial charge on any atom is 0.416 e. The molecule has 3 heterocycles. The Bertz CT molecular complexity index is 1960. The van der Waals surface area contributed by atoms with Crippen LogP contribution < -0.4 is 15.4 Å². The Morgan fingerprint density at radius 2 is 1.72 bits per heavy atom. The summed E-state index contributed by atoms with van der Waals surface area (Å²) >= 11 is 0. The van der Waals surface area contributed by atoms with E-state index >= 15 is 0 Å². The maximum atomic E-state index is 14.1. The molecular formula is C34H31F3N7O2+. The lowest BCUT2D eigenvalue weighted by atomic mass is 9.85. The molecule has 1 aliphatic rings. The molecule has 12 heteroatoms. The van der Waals surface area contributed by atoms with Gasteiger partial charge in [0.2, 0.25) is 0 Å². The molecule has 0 radical (unpaired) electrons. The molecule has 234 valence electrons. The lowest BCUT2D eigenvalue weighted by Gasteiger charge is -2.27. The van der Waals surface area contributed by atoms with E-state index < -0.39 is 23.2 Å². The highest BCUT2D eigenvalue weighted by atomic mass is 19.4. The number of hydrogen-bond donors (Lipinski definition) is 1. The number of halogens is 3. The molecule has 9 nitrogen and oxygen atoms in total. The number of hydrogen-bond acceptors (Lipinski definition) is 4. The number of nitrogens with one attached hydrogen (secondary N) is 1. The average Bonchev–Trinajstić information content (AvgIpc) is 3.63. The highest BCUT2D eigenvalue weighted by Gasteiger charge is 2.33. The number of nitrogens with zero attached hydrogens (tertiary/aromatic N) is 6. The minimum atomic E-state index is -4.63. The zero-order valence-electron chi connectivity index (χ0n) is 25.0. The van der Waals surface area contributed by atoms with Crippen LogP contribution in [0.1, 0.15) is 47.2 Å². The summed E-state index contributed by atoms with van der Waals surface area (Å²) < 4.78 is 47.0. The van der Waals surface area contributed by atoms with Gasteiger partial charge >= 0.3 is 6.18 Å². The van der Waals surface area contributed by atoms with Gasteiger partial charge in [0.15, 0.2) is 18.9 Å². The van der Waals surface area contributed by atoms with Crippen molar-refractivity contribution in [2.45, 2.75) is 44.4 Å². The van der Waals surface area contributed by atoms with E-state index in [2.05, 4.69) is 21.1 Å². The number of benzene rings is 2. The first kappa shape index (κ1) is 30.6. The van der Waals surface area contributed by atoms with Gasteiger partial charge < -0.3 is 5.32 Å². The molecule has 0 saturated heterocycles. The Labute approximate surface area is 262 Å². The summed E-state index contributed by atoms with van der Waals surface area (Å²) in [5.74, 6) is -0.150. The van der Waals surface area contributed by atoms with Crippen molar-refractivity contribution in [3.05, 3.63) is 118 Å². The molecule has 1 fully saturated rings. The molecule has 6 rings (SSSR count). The maximum absolute atomic E-state index is 14.1. The molecule has 1 amide bonds. The highest BCUT2D eigenvalue weighted by Crippen LogP contribution is 2.32. The summed E-state index contributed by atoms with van der Waals surface area (Å²) in [5, 5.41) is 16.7. The van der Waals surface area contributed by atoms with Gasteiger partial charge in [-0.15, -0.1) is 0 Å². The summed E-state index contributed by atoms with van der Waals surface area (Å²) in [6.45, 7) is 0.880. The Kier molecular flexibility index (Phi) is 8.32. The van der Waals surface area contributed by atoms with Gasteiger partial charge in [-0.05, 0) is 74.2 Å². The van der Waals surface area contributed by atoms with Crippen LogP contribution in [-0.2, 0) is 19.8 Å². The van der Waals surface area contributed by atoms with E-state index in [0.717, 1.165) is 49.0 Å². The molecule has 1 N–H and O–H groups in total. The third-order valence-corrected chi connectivity index (χ3v) is 8.47. The van der Waals surface area contributed by atoms with Crippen LogP contribution in [0.5, 0.6) is 0 Å². The fourth-order valence-electron chi connectivity index (χ4n) is 6.17. The van der Waals surface area contributed by atoms with Gasteiger partial charge in [0, 0.05) is 31.1 Å². The monoisotopic (exact) mass is 626 g/mol. The van der Waals surface area contributed by atoms with Crippen LogP contribution in [0.15, 0.2) is 96.2 Å². The van der Waals surface area contributed by atoms with Crippen LogP contribution in [0.2, 0.25) is 0 Å². The summed E-state index contributed by atoms with van der Waals surface area (Å²) in [4.78, 5) is 28.1. The third kappa shape index (κ3) is 6.08. The summed E-state index contributed by atoms with van der Waals surface area (Å²) in [5.41, 5.74) is -0.324. The van der Waals surface area contributed by atoms with E-state index in [0.29, 0.717) is 22.9 Å². The summed E-state index contributed by atoms with van der Waals surface area (Å²) in [7, 11) is 1.52. The number of alkyl halides is 3. The standard InChI is InChI=1S/C34H30F3N7O2/c1-41-31(29-16-17-39-43(29)27-14-10-23(21-38)11-15-27)30(33(46)44(41)28-7-5-6-25(20-28)34(35,36)37)32(45)40-26-12-8-24(9-13-26)22-42-18-3-2-4-19-42/h2-7,10-11,14-20,24,26H,8-9,12-13,22H2,1H3/p+1. The van der Waals surface area contributed by atoms with E-state index in [1.807, 2.05) is 30.6 Å². The normalized spacial score (nSPS) is 16.6. The van der Waals surface area contributed by atoms with Crippen LogP contribution in [0.3, 0.4) is 0 Å². The minimum Gasteiger partial charge on any atom is -0.349 e. The average molecular weight is 627 g/mol. The molecule has 0 atom stereocenters. The topological polar surface area (TPSA) is 102 Å². The first-order chi connectivity index (χ1) is 22.1. The van der Waals surface area contributed by atoms with E-state index in [4.69, 9.17) is 0 Å². The molecule has 1 aliphatic carbocycles. The quantitative estimate of drug-likeness (QED) is 0.251. The van der Waals surface area contributed by atoms with Gasteiger partial charge in [-0.25, -0.2) is 13.9 Å². The number of pyridine rings is 1. The van der Waals surface area contributed by atoms with Crippen LogP contribution in [-0.4, -0.2) is 31.1 Å². The Morgan fingerprint density at radius 3 is 2.39 bits per heavy atom. The molecule has 0 aliphatic heterocycles. The van der Waals surface area contributed by atoms with E-state index in [1.165, 1.54) is 34.7 Å². The van der Waals surface area contributed by atoms with Crippen molar-refractivity contribution in [1.29, 1.82) is 5.26 Å². The van der Waals surface area contributed by atoms with Crippen molar-refractivity contribution in [3.63, 3.8) is 0 Å². The largest absolute Gasteiger partial charge is 0.416 e. The van der Waals surface area contributed by atoms with Crippen molar-refractivity contribution in [2.24, 2.45) is 13.0 Å². The van der Waals surface area contributed by atoms with Crippen molar-refractivity contribution >= 4 is 5.91 Å². The first-order valence-electron chi connectivity index (χ1n) is 14.9. The molecule has 0 bridgehead atoms. The van der Waals surface area contributed by atoms with Gasteiger partial charge in [0.25, 0.3) is 11.5 Å². The van der Waals surface area contributed by atoms with Crippen LogP contribution in [0.25, 0.3) is 22.8 Å². The fourth-order valence-corrected chi connectivity index (χ4v) is 6.17. The van der Waals surface area contributed by atoms with E-state index in [1.54, 1.807) is 30.3 Å². The smallest absolute Gasteiger partial charge is 0.349 e. The SMILES string of the molecule is Cn1c(-c2ccnn2-c2ccc(C#N)cc2)c(C(=O)NC2CCC(C[n+]3ccccc3)CC2)c(=O)n1-c1cccc(C(F)(F)F)c1. The lowest BCUT2D eigenvalue weighted by molar-refractivity contribution is -0.703. The van der Waals surface area contributed by atoms with Crippen molar-refractivity contribution in [3.8, 4) is 28.8 Å². The molecule has 46 heavy (non-hydrogen) atoms. The number of aromatic nitrogens is 5. The molecule has 0 unspecified atom stereocenters. The number of carbonyl (C=O) groups excluding carboxylic acids is 1. The van der Waals surface area contributed by atoms with Gasteiger partial charge in [0.1, 0.15) is 11.3 Å². The van der Waals surface area contributed by atoms with Crippen molar-refractivity contribution in [2.75, 3.05) is 0 Å². The second-order valence-corrected chi connectivity index (χ2v) is 11.5. The summed E-state index contributed by atoms with van der Waals surface area (Å²) in [6.07, 6.45) is 4.20. The number of carbonyl (C=O) groups is 1. The highest BCUT2D eigenvalue weighted by molar-refractivity contribution is 6.00. The van der Waals surface area contributed by atoms with Crippen LogP contribution >= 0.6 is 0 Å². The third-order valence-electron chi connectivity index (χ3n) is 8.47. The van der Waals surface area contributed by atoms with Gasteiger partial charge in [-0.1, -0.05) is 12.1 Å². The fraction of sp³-hybridized carbons (Fsp3) is 0.265. The van der Waals surface area contributed by atoms with E-state index in [9.17, 15) is 28.0 Å². The van der Waals surface area contributed by atoms with Crippen molar-refractivity contribution in [1.82, 2.24) is 24.5 Å². The van der Waals surface area contributed by atoms with Gasteiger partial charge in [-0.3, -0.25) is 14.3 Å². The number of amides is 1. The van der Waals surface area contributed by atoms with Crippen molar-refractivity contribution < 1.29 is 22.5 Å². The first-order valence-corrected chi connectivity index (χ1v) is 14.9. The van der Waals surface area contributed by atoms with E-state index in [-0.39, 0.29) is 23.0 Å². The van der Waals surface area contributed by atoms with Crippen LogP contribution in [0.4, 0.5) is 13.2 Å². The summed E-state index contributed by atoms with van der Waals surface area (Å²) in [6, 6.07) is 20.5. The molecule has 1 saturated carbocycles. The lowest BCUT2D eigenvalue weighted by Crippen LogP contribution is -2.42. The molecule has 2 aromatic carbocycles. The molecule has 5 aromatic rings. The zero-order chi connectivity index (χ0) is 32.4. The zero-order valence-corrected chi connectivity index (χ0v) is 25.0. The molecular weight excluding hydrogens is 595 g/mol. The predicted molar refractivity (Wildman–Crippen MR) is 163 cm³/mol. The Balaban J connectivity index is 1.37. The second-order valence-electron chi connectivity index (χ2n) is 11.5. The van der Waals surface area contributed by atoms with Crippen LogP contribution in [0, 0.1) is 17.2 Å². The second kappa shape index (κ2) is 12.5.